The van der Waals surface area contributed by atoms with E-state index in [1.54, 1.807) is 4.52 Å². The second kappa shape index (κ2) is 12.2. The van der Waals surface area contributed by atoms with Gasteiger partial charge in [-0.2, -0.15) is 28.9 Å². The number of carbonyl (C=O) groups excluding carboxylic acids is 1. The van der Waals surface area contributed by atoms with E-state index in [0.717, 1.165) is 6.07 Å². The first-order chi connectivity index (χ1) is 20.8. The summed E-state index contributed by atoms with van der Waals surface area (Å²) in [7, 11) is -1.13. The van der Waals surface area contributed by atoms with Crippen LogP contribution in [-0.2, 0) is 24.1 Å². The van der Waals surface area contributed by atoms with Crippen molar-refractivity contribution in [2.24, 2.45) is 0 Å². The van der Waals surface area contributed by atoms with Crippen molar-refractivity contribution in [3.8, 4) is 11.1 Å². The number of fused-ring (bicyclic) bond motifs is 1. The Morgan fingerprint density at radius 1 is 1.07 bits per heavy atom. The number of nitrogens with one attached hydrogen (secondary N) is 2. The minimum Gasteiger partial charge on any atom is -0.382 e. The molecule has 0 spiro atoms. The third-order valence-corrected chi connectivity index (χ3v) is 8.81. The summed E-state index contributed by atoms with van der Waals surface area (Å²) in [5.74, 6) is -1.44. The van der Waals surface area contributed by atoms with Crippen molar-refractivity contribution in [3.63, 3.8) is 0 Å². The van der Waals surface area contributed by atoms with Gasteiger partial charge in [0.15, 0.2) is 5.82 Å². The molecule has 3 heterocycles. The normalized spacial score (nSPS) is 16.2. The van der Waals surface area contributed by atoms with Crippen molar-refractivity contribution in [2.75, 3.05) is 48.1 Å². The predicted molar refractivity (Wildman–Crippen MR) is 155 cm³/mol. The number of nitrogens with two attached hydrogens (primary N) is 1. The summed E-state index contributed by atoms with van der Waals surface area (Å²) in [5, 5.41) is 8.51. The summed E-state index contributed by atoms with van der Waals surface area (Å²) < 4.78 is 95.6. The molecule has 6 N–H and O–H groups in total. The molecule has 1 aliphatic rings. The fraction of sp³-hybridized carbons (Fsp3) is 0.296. The Labute approximate surface area is 249 Å². The van der Waals surface area contributed by atoms with E-state index in [9.17, 15) is 31.5 Å². The maximum atomic E-state index is 15.4. The molecule has 1 saturated heterocycles. The van der Waals surface area contributed by atoms with Crippen molar-refractivity contribution >= 4 is 39.3 Å². The van der Waals surface area contributed by atoms with Crippen LogP contribution in [0.4, 0.5) is 43.9 Å². The fourth-order valence-electron chi connectivity index (χ4n) is 4.97. The van der Waals surface area contributed by atoms with Gasteiger partial charge in [0.2, 0.25) is 0 Å². The van der Waals surface area contributed by atoms with Crippen LogP contribution in [0.15, 0.2) is 42.7 Å². The molecule has 1 aliphatic heterocycles. The number of urea groups is 1. The Morgan fingerprint density at radius 2 is 1.77 bits per heavy atom. The molecule has 2 amide bonds. The molecule has 2 aromatic heterocycles. The molecule has 11 nitrogen and oxygen atoms in total. The third-order valence-electron chi connectivity index (χ3n) is 7.14. The highest BCUT2D eigenvalue weighted by Gasteiger charge is 2.32. The maximum Gasteiger partial charge on any atom is 0.416 e. The maximum absolute atomic E-state index is 15.4. The quantitative estimate of drug-likeness (QED) is 0.163. The number of carbonyl (C=O) groups is 1. The second-order valence-corrected chi connectivity index (χ2v) is 12.5. The standard InChI is InChI=1S/C27H28F5N7O4S/c1-43-13-17-22(12-38-6-8-44(41,42)9-7-38)39-24(25(33)34-14-35-39)23(17)15-2-5-20(19(29)10-15)36-26(40)37-21-11-16(27(30,31)32)3-4-18(21)28/h2-5,10-11,14,41-42H,6-9,12-13H2,1H3,(H2,33,34,35)(H2,36,37,40). The predicted octanol–water partition coefficient (Wildman–Crippen LogP) is 5.63. The number of hydrogen-bond donors (Lipinski definition) is 5. The zero-order valence-electron chi connectivity index (χ0n) is 23.2. The average molecular weight is 642 g/mol. The molecule has 0 unspecified atom stereocenters. The first kappa shape index (κ1) is 31.4. The number of aromatic nitrogens is 3. The van der Waals surface area contributed by atoms with Crippen LogP contribution in [0.3, 0.4) is 0 Å². The van der Waals surface area contributed by atoms with E-state index in [-0.39, 0.29) is 29.6 Å². The van der Waals surface area contributed by atoms with E-state index in [0.29, 0.717) is 65.7 Å². The lowest BCUT2D eigenvalue weighted by Crippen LogP contribution is -2.38. The molecular formula is C27H28F5N7O4S. The molecule has 0 radical (unpaired) electrons. The molecule has 0 atom stereocenters. The number of benzene rings is 2. The van der Waals surface area contributed by atoms with E-state index in [2.05, 4.69) is 15.4 Å². The molecule has 5 rings (SSSR count). The van der Waals surface area contributed by atoms with Crippen LogP contribution in [-0.4, -0.2) is 66.3 Å². The monoisotopic (exact) mass is 641 g/mol. The van der Waals surface area contributed by atoms with Crippen LogP contribution in [0.1, 0.15) is 16.8 Å². The van der Waals surface area contributed by atoms with E-state index >= 15 is 4.39 Å². The molecule has 0 aliphatic carbocycles. The molecule has 0 saturated carbocycles. The van der Waals surface area contributed by atoms with Gasteiger partial charge in [0.25, 0.3) is 0 Å². The second-order valence-electron chi connectivity index (χ2n) is 10.1. The van der Waals surface area contributed by atoms with Gasteiger partial charge in [-0.05, 0) is 35.9 Å². The summed E-state index contributed by atoms with van der Waals surface area (Å²) in [6, 6.07) is 4.22. The van der Waals surface area contributed by atoms with Gasteiger partial charge < -0.3 is 21.1 Å². The largest absolute Gasteiger partial charge is 0.416 e. The highest BCUT2D eigenvalue weighted by molar-refractivity contribution is 8.24. The van der Waals surface area contributed by atoms with Gasteiger partial charge in [-0.3, -0.25) is 14.0 Å². The average Bonchev–Trinajstić information content (AvgIpc) is 3.25. The number of anilines is 3. The van der Waals surface area contributed by atoms with Gasteiger partial charge in [0.1, 0.15) is 23.5 Å². The number of methoxy groups -OCH3 is 1. The van der Waals surface area contributed by atoms with Crippen LogP contribution in [0.25, 0.3) is 16.6 Å². The molecule has 0 bridgehead atoms. The third kappa shape index (κ3) is 6.56. The van der Waals surface area contributed by atoms with Crippen molar-refractivity contribution in [1.29, 1.82) is 0 Å². The van der Waals surface area contributed by atoms with Crippen molar-refractivity contribution < 1.29 is 40.6 Å². The summed E-state index contributed by atoms with van der Waals surface area (Å²) in [4.78, 5) is 18.6. The summed E-state index contributed by atoms with van der Waals surface area (Å²) in [6.45, 7) is 1.29. The Kier molecular flexibility index (Phi) is 8.68. The van der Waals surface area contributed by atoms with Crippen LogP contribution in [0, 0.1) is 11.6 Å². The van der Waals surface area contributed by atoms with E-state index in [1.807, 2.05) is 10.2 Å². The lowest BCUT2D eigenvalue weighted by Gasteiger charge is -2.40. The molecule has 4 aromatic rings. The Morgan fingerprint density at radius 3 is 2.43 bits per heavy atom. The number of alkyl halides is 3. The van der Waals surface area contributed by atoms with E-state index in [1.165, 1.54) is 25.6 Å². The van der Waals surface area contributed by atoms with Gasteiger partial charge >= 0.3 is 12.2 Å². The molecule has 236 valence electrons. The first-order valence-corrected chi connectivity index (χ1v) is 15.0. The Bertz CT molecular complexity index is 1710. The number of amides is 2. The molecular weight excluding hydrogens is 613 g/mol. The van der Waals surface area contributed by atoms with E-state index < -0.39 is 45.7 Å². The minimum atomic E-state index is -4.76. The first-order valence-electron chi connectivity index (χ1n) is 13.1. The fourth-order valence-corrected chi connectivity index (χ4v) is 6.28. The number of nitrogens with zero attached hydrogens (tertiary/aromatic N) is 4. The lowest BCUT2D eigenvalue weighted by molar-refractivity contribution is -0.137. The highest BCUT2D eigenvalue weighted by atomic mass is 32.3. The van der Waals surface area contributed by atoms with Crippen LogP contribution < -0.4 is 16.4 Å². The van der Waals surface area contributed by atoms with Crippen LogP contribution in [0.5, 0.6) is 0 Å². The van der Waals surface area contributed by atoms with Crippen molar-refractivity contribution in [1.82, 2.24) is 19.5 Å². The smallest absolute Gasteiger partial charge is 0.382 e. The molecule has 44 heavy (non-hydrogen) atoms. The minimum absolute atomic E-state index is 0.0864. The number of ether oxygens (including phenoxy) is 1. The van der Waals surface area contributed by atoms with Gasteiger partial charge in [-0.15, -0.1) is 0 Å². The number of nitrogen functional groups attached to an aromatic ring is 1. The van der Waals surface area contributed by atoms with E-state index in [4.69, 9.17) is 10.5 Å². The summed E-state index contributed by atoms with van der Waals surface area (Å²) in [6.07, 6.45) is -3.49. The van der Waals surface area contributed by atoms with Gasteiger partial charge in [0.05, 0.1) is 40.7 Å². The zero-order valence-corrected chi connectivity index (χ0v) is 24.0. The summed E-state index contributed by atoms with van der Waals surface area (Å²) >= 11 is 0. The van der Waals surface area contributed by atoms with Gasteiger partial charge in [-0.25, -0.2) is 23.1 Å². The zero-order chi connectivity index (χ0) is 31.8. The van der Waals surface area contributed by atoms with Gasteiger partial charge in [-0.1, -0.05) is 6.07 Å². The van der Waals surface area contributed by atoms with Crippen molar-refractivity contribution in [3.05, 3.63) is 71.2 Å². The Hall–Kier alpha value is -4.03. The SMILES string of the molecule is COCc1c(-c2ccc(NC(=O)Nc3cc(C(F)(F)F)ccc3F)c(F)c2)c2c(N)ncnn2c1CN1CCS(O)(O)CC1. The molecule has 1 fully saturated rings. The number of halogens is 5. The van der Waals surface area contributed by atoms with Crippen LogP contribution in [0.2, 0.25) is 0 Å². The molecule has 2 aromatic carbocycles. The molecule has 17 heteroatoms. The van der Waals surface area contributed by atoms with Gasteiger partial charge in [0, 0.05) is 37.9 Å². The van der Waals surface area contributed by atoms with Crippen molar-refractivity contribution in [2.45, 2.75) is 19.3 Å². The highest BCUT2D eigenvalue weighted by Crippen LogP contribution is 2.42. The Balaban J connectivity index is 1.46. The number of hydrogen-bond acceptors (Lipinski definition) is 8. The number of rotatable bonds is 7. The summed E-state index contributed by atoms with van der Waals surface area (Å²) in [5.41, 5.74) is 6.52. The topological polar surface area (TPSA) is 150 Å². The lowest BCUT2D eigenvalue weighted by atomic mass is 10.0. The van der Waals surface area contributed by atoms with Crippen LogP contribution >= 0.6 is 10.6 Å².